The van der Waals surface area contributed by atoms with Crippen molar-refractivity contribution < 1.29 is 0 Å². The number of rotatable bonds is 2. The van der Waals surface area contributed by atoms with Crippen LogP contribution in [0.4, 0.5) is 5.82 Å². The molecule has 0 bridgehead atoms. The average Bonchev–Trinajstić information content (AvgIpc) is 1.94. The Kier molecular flexibility index (Phi) is 2.86. The minimum atomic E-state index is -0.210. The van der Waals surface area contributed by atoms with Gasteiger partial charge in [-0.15, -0.1) is 0 Å². The fourth-order valence-electron chi connectivity index (χ4n) is 0.756. The molecule has 1 heterocycles. The van der Waals surface area contributed by atoms with E-state index in [1.807, 2.05) is 13.8 Å². The van der Waals surface area contributed by atoms with Crippen LogP contribution in [0.25, 0.3) is 0 Å². The molecule has 0 saturated heterocycles. The van der Waals surface area contributed by atoms with Crippen LogP contribution in [-0.2, 0) is 0 Å². The molecule has 0 saturated carbocycles. The van der Waals surface area contributed by atoms with Gasteiger partial charge in [-0.25, -0.2) is 4.98 Å². The fourth-order valence-corrected chi connectivity index (χ4v) is 1.04. The van der Waals surface area contributed by atoms with Gasteiger partial charge in [-0.2, -0.15) is 0 Å². The second kappa shape index (κ2) is 3.71. The smallest absolute Gasteiger partial charge is 0.291 e. The molecule has 0 unspecified atom stereocenters. The third-order valence-electron chi connectivity index (χ3n) is 1.18. The zero-order chi connectivity index (χ0) is 9.14. The summed E-state index contributed by atoms with van der Waals surface area (Å²) in [6.07, 6.45) is 1.55. The SMILES string of the molecule is CC(C)Nc1ncc(Br)[nH]c1=O. The van der Waals surface area contributed by atoms with Crippen molar-refractivity contribution in [1.82, 2.24) is 9.97 Å². The van der Waals surface area contributed by atoms with Crippen molar-refractivity contribution in [3.05, 3.63) is 21.2 Å². The second-order valence-electron chi connectivity index (χ2n) is 2.71. The molecule has 5 heteroatoms. The zero-order valence-corrected chi connectivity index (χ0v) is 8.47. The lowest BCUT2D eigenvalue weighted by Gasteiger charge is -2.06. The van der Waals surface area contributed by atoms with E-state index in [9.17, 15) is 4.79 Å². The lowest BCUT2D eigenvalue weighted by molar-refractivity contribution is 0.878. The molecule has 2 N–H and O–H groups in total. The van der Waals surface area contributed by atoms with Gasteiger partial charge < -0.3 is 10.3 Å². The van der Waals surface area contributed by atoms with E-state index in [-0.39, 0.29) is 11.6 Å². The molecule has 0 aromatic carbocycles. The molecule has 0 radical (unpaired) electrons. The van der Waals surface area contributed by atoms with Gasteiger partial charge in [0.2, 0.25) is 0 Å². The summed E-state index contributed by atoms with van der Waals surface area (Å²) in [6, 6.07) is 0.208. The van der Waals surface area contributed by atoms with E-state index in [0.717, 1.165) is 0 Å². The molecular formula is C7H10BrN3O. The maximum Gasteiger partial charge on any atom is 0.291 e. The lowest BCUT2D eigenvalue weighted by atomic mass is 10.4. The summed E-state index contributed by atoms with van der Waals surface area (Å²) in [4.78, 5) is 17.7. The van der Waals surface area contributed by atoms with Crippen LogP contribution in [0.1, 0.15) is 13.8 Å². The Morgan fingerprint density at radius 3 is 2.83 bits per heavy atom. The van der Waals surface area contributed by atoms with Crippen molar-refractivity contribution in [2.24, 2.45) is 0 Å². The lowest BCUT2D eigenvalue weighted by Crippen LogP contribution is -2.20. The molecule has 0 aliphatic heterocycles. The van der Waals surface area contributed by atoms with Gasteiger partial charge in [-0.1, -0.05) is 0 Å². The summed E-state index contributed by atoms with van der Waals surface area (Å²) in [6.45, 7) is 3.90. The standard InChI is InChI=1S/C7H10BrN3O/c1-4(2)10-6-7(12)11-5(8)3-9-6/h3-4H,1-2H3,(H,9,10)(H,11,12). The van der Waals surface area contributed by atoms with Gasteiger partial charge in [0.25, 0.3) is 5.56 Å². The van der Waals surface area contributed by atoms with Crippen LogP contribution in [0.15, 0.2) is 15.6 Å². The van der Waals surface area contributed by atoms with Crippen LogP contribution in [-0.4, -0.2) is 16.0 Å². The van der Waals surface area contributed by atoms with E-state index in [2.05, 4.69) is 31.2 Å². The molecule has 0 atom stereocenters. The number of aromatic amines is 1. The highest BCUT2D eigenvalue weighted by Gasteiger charge is 2.01. The molecule has 4 nitrogen and oxygen atoms in total. The highest BCUT2D eigenvalue weighted by Crippen LogP contribution is 2.02. The number of nitrogens with zero attached hydrogens (tertiary/aromatic N) is 1. The normalized spacial score (nSPS) is 10.3. The highest BCUT2D eigenvalue weighted by atomic mass is 79.9. The molecule has 1 aromatic rings. The van der Waals surface area contributed by atoms with Crippen molar-refractivity contribution in [3.63, 3.8) is 0 Å². The first-order valence-electron chi connectivity index (χ1n) is 3.61. The second-order valence-corrected chi connectivity index (χ2v) is 3.56. The third-order valence-corrected chi connectivity index (χ3v) is 1.58. The predicted octanol–water partition coefficient (Wildman–Crippen LogP) is 1.35. The van der Waals surface area contributed by atoms with Crippen LogP contribution in [0.2, 0.25) is 0 Å². The summed E-state index contributed by atoms with van der Waals surface area (Å²) in [7, 11) is 0. The number of hydrogen-bond acceptors (Lipinski definition) is 3. The van der Waals surface area contributed by atoms with Crippen molar-refractivity contribution >= 4 is 21.7 Å². The Morgan fingerprint density at radius 2 is 2.33 bits per heavy atom. The number of anilines is 1. The van der Waals surface area contributed by atoms with E-state index < -0.39 is 0 Å². The van der Waals surface area contributed by atoms with E-state index in [1.165, 1.54) is 0 Å². The Balaban J connectivity index is 2.94. The number of nitrogens with one attached hydrogen (secondary N) is 2. The van der Waals surface area contributed by atoms with Gasteiger partial charge >= 0.3 is 0 Å². The first-order valence-corrected chi connectivity index (χ1v) is 4.40. The molecule has 0 spiro atoms. The molecule has 0 aliphatic rings. The van der Waals surface area contributed by atoms with Crippen molar-refractivity contribution in [2.75, 3.05) is 5.32 Å². The molecule has 0 aliphatic carbocycles. The molecule has 66 valence electrons. The Labute approximate surface area is 78.5 Å². The predicted molar refractivity (Wildman–Crippen MR) is 51.3 cm³/mol. The summed E-state index contributed by atoms with van der Waals surface area (Å²) < 4.78 is 0.585. The van der Waals surface area contributed by atoms with Gasteiger partial charge in [0.05, 0.1) is 6.20 Å². The number of hydrogen-bond donors (Lipinski definition) is 2. The first-order chi connectivity index (χ1) is 5.59. The van der Waals surface area contributed by atoms with Crippen LogP contribution < -0.4 is 10.9 Å². The van der Waals surface area contributed by atoms with Crippen LogP contribution >= 0.6 is 15.9 Å². The Morgan fingerprint density at radius 1 is 1.67 bits per heavy atom. The van der Waals surface area contributed by atoms with Crippen LogP contribution in [0.3, 0.4) is 0 Å². The Bertz CT molecular complexity index is 321. The molecule has 12 heavy (non-hydrogen) atoms. The number of H-pyrrole nitrogens is 1. The summed E-state index contributed by atoms with van der Waals surface area (Å²) in [5, 5.41) is 2.92. The van der Waals surface area contributed by atoms with Gasteiger partial charge in [-0.05, 0) is 29.8 Å². The Hall–Kier alpha value is -0.840. The van der Waals surface area contributed by atoms with Crippen molar-refractivity contribution in [1.29, 1.82) is 0 Å². The maximum absolute atomic E-state index is 11.2. The fraction of sp³-hybridized carbons (Fsp3) is 0.429. The molecule has 0 amide bonds. The molecule has 1 rings (SSSR count). The molecule has 0 fully saturated rings. The highest BCUT2D eigenvalue weighted by molar-refractivity contribution is 9.10. The zero-order valence-electron chi connectivity index (χ0n) is 6.89. The summed E-state index contributed by atoms with van der Waals surface area (Å²) in [5.41, 5.74) is -0.210. The monoisotopic (exact) mass is 231 g/mol. The minimum Gasteiger partial charge on any atom is -0.363 e. The van der Waals surface area contributed by atoms with Crippen molar-refractivity contribution in [3.8, 4) is 0 Å². The third kappa shape index (κ3) is 2.34. The first kappa shape index (κ1) is 9.25. The van der Waals surface area contributed by atoms with Gasteiger partial charge in [0.1, 0.15) is 4.60 Å². The van der Waals surface area contributed by atoms with Crippen LogP contribution in [0.5, 0.6) is 0 Å². The van der Waals surface area contributed by atoms with Gasteiger partial charge in [0, 0.05) is 6.04 Å². The maximum atomic E-state index is 11.2. The summed E-state index contributed by atoms with van der Waals surface area (Å²) >= 11 is 3.12. The van der Waals surface area contributed by atoms with E-state index >= 15 is 0 Å². The quantitative estimate of drug-likeness (QED) is 0.809. The van der Waals surface area contributed by atoms with E-state index in [0.29, 0.717) is 10.4 Å². The van der Waals surface area contributed by atoms with Gasteiger partial charge in [-0.3, -0.25) is 4.79 Å². The van der Waals surface area contributed by atoms with Gasteiger partial charge in [0.15, 0.2) is 5.82 Å². The largest absolute Gasteiger partial charge is 0.363 e. The average molecular weight is 232 g/mol. The number of aromatic nitrogens is 2. The molecule has 1 aromatic heterocycles. The van der Waals surface area contributed by atoms with Crippen LogP contribution in [0, 0.1) is 0 Å². The van der Waals surface area contributed by atoms with E-state index in [1.54, 1.807) is 6.20 Å². The van der Waals surface area contributed by atoms with E-state index in [4.69, 9.17) is 0 Å². The molecular weight excluding hydrogens is 222 g/mol. The number of halogens is 1. The topological polar surface area (TPSA) is 57.8 Å². The van der Waals surface area contributed by atoms with Crippen molar-refractivity contribution in [2.45, 2.75) is 19.9 Å². The minimum absolute atomic E-state index is 0.208. The summed E-state index contributed by atoms with van der Waals surface area (Å²) in [5.74, 6) is 0.355.